The zero-order valence-corrected chi connectivity index (χ0v) is 25.4. The van der Waals surface area contributed by atoms with Gasteiger partial charge in [-0.1, -0.05) is 67.8 Å². The second-order valence-corrected chi connectivity index (χ2v) is 11.8. The number of aromatic nitrogens is 1. The molecule has 0 aliphatic carbocycles. The van der Waals surface area contributed by atoms with Crippen LogP contribution in [0.5, 0.6) is 5.75 Å². The SMILES string of the molecule is CCCCOc1ccc(/C(O)=C2\C(=O)C(=O)N(c3nc(C)c(C(=O)OCC(C)C)s3)C2c2ccc(Cl)c(Cl)c2)cc1. The van der Waals surface area contributed by atoms with E-state index in [0.717, 1.165) is 24.2 Å². The van der Waals surface area contributed by atoms with Crippen molar-refractivity contribution in [1.29, 1.82) is 0 Å². The number of ether oxygens (including phenoxy) is 2. The number of nitrogens with zero attached hydrogens (tertiary/aromatic N) is 2. The van der Waals surface area contributed by atoms with Crippen LogP contribution in [0.15, 0.2) is 48.0 Å². The number of ketones is 1. The van der Waals surface area contributed by atoms with Gasteiger partial charge in [-0.3, -0.25) is 14.5 Å². The number of hydrogen-bond acceptors (Lipinski definition) is 8. The van der Waals surface area contributed by atoms with E-state index in [2.05, 4.69) is 11.9 Å². The zero-order valence-electron chi connectivity index (χ0n) is 23.1. The van der Waals surface area contributed by atoms with Crippen molar-refractivity contribution in [3.05, 3.63) is 79.8 Å². The summed E-state index contributed by atoms with van der Waals surface area (Å²) in [6.45, 7) is 8.31. The first kappa shape index (κ1) is 30.6. The summed E-state index contributed by atoms with van der Waals surface area (Å²) in [5.74, 6) is -1.99. The summed E-state index contributed by atoms with van der Waals surface area (Å²) in [5.41, 5.74) is 0.956. The molecule has 4 rings (SSSR count). The van der Waals surface area contributed by atoms with E-state index in [4.69, 9.17) is 32.7 Å². The van der Waals surface area contributed by atoms with Gasteiger partial charge in [0.15, 0.2) is 5.13 Å². The van der Waals surface area contributed by atoms with Gasteiger partial charge in [0.25, 0.3) is 5.78 Å². The number of benzene rings is 2. The Kier molecular flexibility index (Phi) is 9.73. The summed E-state index contributed by atoms with van der Waals surface area (Å²) < 4.78 is 11.1. The molecule has 1 saturated heterocycles. The van der Waals surface area contributed by atoms with Crippen molar-refractivity contribution in [2.45, 2.75) is 46.6 Å². The van der Waals surface area contributed by atoms with Gasteiger partial charge in [-0.25, -0.2) is 9.78 Å². The van der Waals surface area contributed by atoms with E-state index in [1.807, 2.05) is 13.8 Å². The lowest BCUT2D eigenvalue weighted by Gasteiger charge is -2.23. The van der Waals surface area contributed by atoms with Crippen LogP contribution in [-0.4, -0.2) is 41.0 Å². The van der Waals surface area contributed by atoms with Crippen molar-refractivity contribution in [2.24, 2.45) is 5.92 Å². The molecule has 11 heteroatoms. The van der Waals surface area contributed by atoms with Crippen LogP contribution in [0.2, 0.25) is 10.0 Å². The average Bonchev–Trinajstić information content (AvgIpc) is 3.45. The fourth-order valence-electron chi connectivity index (χ4n) is 4.21. The Morgan fingerprint density at radius 1 is 1.12 bits per heavy atom. The maximum absolute atomic E-state index is 13.5. The number of aliphatic hydroxyl groups excluding tert-OH is 1. The van der Waals surface area contributed by atoms with E-state index in [1.165, 1.54) is 11.0 Å². The second kappa shape index (κ2) is 13.1. The van der Waals surface area contributed by atoms with E-state index in [9.17, 15) is 19.5 Å². The van der Waals surface area contributed by atoms with Gasteiger partial charge in [0.2, 0.25) is 0 Å². The number of carbonyl (C=O) groups is 3. The van der Waals surface area contributed by atoms with Crippen LogP contribution in [0.25, 0.3) is 5.76 Å². The van der Waals surface area contributed by atoms with Crippen molar-refractivity contribution < 1.29 is 29.0 Å². The van der Waals surface area contributed by atoms with E-state index in [0.29, 0.717) is 29.2 Å². The topological polar surface area (TPSA) is 106 Å². The van der Waals surface area contributed by atoms with Crippen molar-refractivity contribution in [3.63, 3.8) is 0 Å². The Bertz CT molecular complexity index is 1500. The molecular weight excluding hydrogens is 587 g/mol. The molecule has 1 aliphatic rings. The van der Waals surface area contributed by atoms with Gasteiger partial charge < -0.3 is 14.6 Å². The first-order chi connectivity index (χ1) is 19.5. The van der Waals surface area contributed by atoms with Gasteiger partial charge in [0, 0.05) is 5.56 Å². The van der Waals surface area contributed by atoms with Gasteiger partial charge >= 0.3 is 11.9 Å². The minimum absolute atomic E-state index is 0.107. The molecule has 216 valence electrons. The summed E-state index contributed by atoms with van der Waals surface area (Å²) in [6, 6.07) is 10.2. The van der Waals surface area contributed by atoms with Gasteiger partial charge in [0.05, 0.1) is 40.6 Å². The highest BCUT2D eigenvalue weighted by molar-refractivity contribution is 7.17. The van der Waals surface area contributed by atoms with E-state index < -0.39 is 23.7 Å². The monoisotopic (exact) mass is 616 g/mol. The molecule has 1 amide bonds. The number of amides is 1. The Balaban J connectivity index is 1.80. The van der Waals surface area contributed by atoms with Crippen molar-refractivity contribution in [2.75, 3.05) is 18.1 Å². The molecule has 1 fully saturated rings. The number of aliphatic hydroxyl groups is 1. The Hall–Kier alpha value is -3.40. The van der Waals surface area contributed by atoms with Crippen molar-refractivity contribution >= 4 is 63.1 Å². The van der Waals surface area contributed by atoms with Crippen molar-refractivity contribution in [3.8, 4) is 5.75 Å². The number of unbranched alkanes of at least 4 members (excludes halogenated alkanes) is 1. The van der Waals surface area contributed by atoms with Gasteiger partial charge in [0.1, 0.15) is 16.4 Å². The van der Waals surface area contributed by atoms with E-state index in [1.54, 1.807) is 43.3 Å². The number of rotatable bonds is 10. The summed E-state index contributed by atoms with van der Waals surface area (Å²) in [4.78, 5) is 45.5. The van der Waals surface area contributed by atoms with Crippen LogP contribution in [0, 0.1) is 12.8 Å². The highest BCUT2D eigenvalue weighted by atomic mass is 35.5. The predicted molar refractivity (Wildman–Crippen MR) is 160 cm³/mol. The first-order valence-electron chi connectivity index (χ1n) is 13.2. The Morgan fingerprint density at radius 3 is 2.46 bits per heavy atom. The molecule has 1 unspecified atom stereocenters. The molecule has 0 spiro atoms. The molecule has 1 N–H and O–H groups in total. The number of anilines is 1. The molecular formula is C30H30Cl2N2O6S. The van der Waals surface area contributed by atoms with Crippen LogP contribution in [0.4, 0.5) is 5.13 Å². The molecule has 2 heterocycles. The van der Waals surface area contributed by atoms with Crippen molar-refractivity contribution in [1.82, 2.24) is 4.98 Å². The standard InChI is InChI=1S/C30H30Cl2N2O6S/c1-5-6-13-39-20-10-7-18(8-11-20)25(35)23-24(19-9-12-21(31)22(32)14-19)34(28(37)26(23)36)30-33-17(4)27(41-30)29(38)40-15-16(2)3/h7-12,14,16,24,35H,5-6,13,15H2,1-4H3/b25-23+. The molecule has 0 radical (unpaired) electrons. The Morgan fingerprint density at radius 2 is 1.83 bits per heavy atom. The largest absolute Gasteiger partial charge is 0.507 e. The molecule has 2 aromatic carbocycles. The fourth-order valence-corrected chi connectivity index (χ4v) is 5.50. The number of aryl methyl sites for hydroxylation is 1. The molecule has 1 atom stereocenters. The molecule has 41 heavy (non-hydrogen) atoms. The molecule has 8 nitrogen and oxygen atoms in total. The number of thiazole rings is 1. The first-order valence-corrected chi connectivity index (χ1v) is 14.7. The van der Waals surface area contributed by atoms with Gasteiger partial charge in [-0.05, 0) is 61.2 Å². The third-order valence-electron chi connectivity index (χ3n) is 6.32. The summed E-state index contributed by atoms with van der Waals surface area (Å²) in [7, 11) is 0. The lowest BCUT2D eigenvalue weighted by atomic mass is 9.95. The highest BCUT2D eigenvalue weighted by Crippen LogP contribution is 2.45. The number of halogens is 2. The lowest BCUT2D eigenvalue weighted by Crippen LogP contribution is -2.29. The zero-order chi connectivity index (χ0) is 29.8. The van der Waals surface area contributed by atoms with Gasteiger partial charge in [-0.15, -0.1) is 0 Å². The molecule has 1 aliphatic heterocycles. The minimum Gasteiger partial charge on any atom is -0.507 e. The summed E-state index contributed by atoms with van der Waals surface area (Å²) in [5, 5.41) is 12.0. The predicted octanol–water partition coefficient (Wildman–Crippen LogP) is 7.38. The summed E-state index contributed by atoms with van der Waals surface area (Å²) in [6.07, 6.45) is 1.90. The molecule has 1 aromatic heterocycles. The Labute approximate surface area is 252 Å². The van der Waals surface area contributed by atoms with Crippen LogP contribution in [0.3, 0.4) is 0 Å². The fraction of sp³-hybridized carbons (Fsp3) is 0.333. The molecule has 0 saturated carbocycles. The lowest BCUT2D eigenvalue weighted by molar-refractivity contribution is -0.132. The van der Waals surface area contributed by atoms with Crippen LogP contribution in [-0.2, 0) is 14.3 Å². The average molecular weight is 618 g/mol. The normalized spacial score (nSPS) is 16.5. The smallest absolute Gasteiger partial charge is 0.350 e. The van der Waals surface area contributed by atoms with Crippen LogP contribution >= 0.6 is 34.5 Å². The van der Waals surface area contributed by atoms with Crippen LogP contribution in [0.1, 0.15) is 66.1 Å². The number of carbonyl (C=O) groups excluding carboxylic acids is 3. The molecule has 0 bridgehead atoms. The molecule has 3 aromatic rings. The van der Waals surface area contributed by atoms with E-state index >= 15 is 0 Å². The van der Waals surface area contributed by atoms with E-state index in [-0.39, 0.29) is 43.9 Å². The quantitative estimate of drug-likeness (QED) is 0.0832. The highest BCUT2D eigenvalue weighted by Gasteiger charge is 2.48. The van der Waals surface area contributed by atoms with Gasteiger partial charge in [-0.2, -0.15) is 0 Å². The number of hydrogen-bond donors (Lipinski definition) is 1. The summed E-state index contributed by atoms with van der Waals surface area (Å²) >= 11 is 13.4. The maximum atomic E-state index is 13.5. The number of Topliss-reactive ketones (excluding diaryl/α,β-unsaturated/α-hetero) is 1. The third-order valence-corrected chi connectivity index (χ3v) is 8.20. The minimum atomic E-state index is -1.09. The number of esters is 1. The maximum Gasteiger partial charge on any atom is 0.350 e. The second-order valence-electron chi connectivity index (χ2n) is 9.97. The third kappa shape index (κ3) is 6.58. The van der Waals surface area contributed by atoms with Crippen LogP contribution < -0.4 is 9.64 Å².